The van der Waals surface area contributed by atoms with E-state index in [1.54, 1.807) is 6.08 Å². The molecule has 0 aliphatic heterocycles. The van der Waals surface area contributed by atoms with Crippen LogP contribution in [-0.2, 0) is 4.79 Å². The van der Waals surface area contributed by atoms with Crippen LogP contribution in [0.15, 0.2) is 48.6 Å². The first-order valence-corrected chi connectivity index (χ1v) is 8.70. The molecule has 3 nitrogen and oxygen atoms in total. The topological polar surface area (TPSA) is 57.5 Å². The molecule has 0 unspecified atom stereocenters. The summed E-state index contributed by atoms with van der Waals surface area (Å²) < 4.78 is 0. The number of unbranched alkanes of at least 4 members (excludes halogenated alkanes) is 3. The van der Waals surface area contributed by atoms with Crippen molar-refractivity contribution in [1.82, 2.24) is 0 Å². The summed E-state index contributed by atoms with van der Waals surface area (Å²) in [5.41, 5.74) is 0. The number of allylic oxidation sites excluding steroid dienone is 7. The summed E-state index contributed by atoms with van der Waals surface area (Å²) in [7, 11) is 0. The highest BCUT2D eigenvalue weighted by molar-refractivity contribution is 5.66. The molecule has 3 heteroatoms. The number of hydrogen-bond acceptors (Lipinski definition) is 2. The first-order valence-electron chi connectivity index (χ1n) is 8.70. The summed E-state index contributed by atoms with van der Waals surface area (Å²) in [6.45, 7) is 2.22. The summed E-state index contributed by atoms with van der Waals surface area (Å²) >= 11 is 0. The lowest BCUT2D eigenvalue weighted by molar-refractivity contribution is -0.137. The first kappa shape index (κ1) is 21.4. The molecule has 23 heavy (non-hydrogen) atoms. The Kier molecular flexibility index (Phi) is 15.6. The number of hydrogen-bond donors (Lipinski definition) is 2. The second-order valence-electron chi connectivity index (χ2n) is 5.58. The van der Waals surface area contributed by atoms with Gasteiger partial charge in [-0.1, -0.05) is 68.4 Å². The van der Waals surface area contributed by atoms with Crippen molar-refractivity contribution in [3.8, 4) is 0 Å². The zero-order valence-electron chi connectivity index (χ0n) is 14.4. The van der Waals surface area contributed by atoms with E-state index in [-0.39, 0.29) is 6.42 Å². The predicted molar refractivity (Wildman–Crippen MR) is 97.4 cm³/mol. The zero-order valence-corrected chi connectivity index (χ0v) is 14.4. The molecule has 0 heterocycles. The van der Waals surface area contributed by atoms with Crippen molar-refractivity contribution in [2.75, 3.05) is 0 Å². The van der Waals surface area contributed by atoms with Crippen molar-refractivity contribution in [3.63, 3.8) is 0 Å². The quantitative estimate of drug-likeness (QED) is 0.263. The van der Waals surface area contributed by atoms with Gasteiger partial charge in [-0.15, -0.1) is 0 Å². The van der Waals surface area contributed by atoms with E-state index in [4.69, 9.17) is 5.11 Å². The Morgan fingerprint density at radius 3 is 2.35 bits per heavy atom. The summed E-state index contributed by atoms with van der Waals surface area (Å²) in [6.07, 6.45) is 23.6. The number of aliphatic carboxylic acids is 1. The highest BCUT2D eigenvalue weighted by Gasteiger charge is 2.01. The van der Waals surface area contributed by atoms with E-state index in [9.17, 15) is 9.90 Å². The number of aliphatic hydroxyl groups excluding tert-OH is 1. The minimum atomic E-state index is -0.816. The van der Waals surface area contributed by atoms with E-state index in [1.165, 1.54) is 25.7 Å². The van der Waals surface area contributed by atoms with Gasteiger partial charge >= 0.3 is 5.97 Å². The molecular formula is C20H32O3. The van der Waals surface area contributed by atoms with Gasteiger partial charge in [0.25, 0.3) is 0 Å². The molecule has 0 spiro atoms. The fourth-order valence-electron chi connectivity index (χ4n) is 1.98. The molecule has 0 aromatic rings. The Bertz CT molecular complexity index is 392. The third-order valence-electron chi connectivity index (χ3n) is 3.32. The summed E-state index contributed by atoms with van der Waals surface area (Å²) in [5.74, 6) is -0.816. The molecule has 0 aromatic heterocycles. The molecule has 1 atom stereocenters. The Hall–Kier alpha value is -1.61. The standard InChI is InChI=1S/C20H32O3/c1-2-3-4-5-6-7-8-9-10-11-12-13-14-16-19(21)17-15-18-20(22)23/h6-7,9-10,12-14,16,19,21H,2-5,8,11,15,17-18H2,1H3,(H,22,23)/b7-6+,10-9-,13-12+,16-14-/t19-/m0/s1. The van der Waals surface area contributed by atoms with Crippen LogP contribution in [-0.4, -0.2) is 22.3 Å². The minimum Gasteiger partial charge on any atom is -0.481 e. The third kappa shape index (κ3) is 18.3. The van der Waals surface area contributed by atoms with Gasteiger partial charge in [0, 0.05) is 6.42 Å². The summed E-state index contributed by atoms with van der Waals surface area (Å²) in [4.78, 5) is 10.3. The van der Waals surface area contributed by atoms with Crippen LogP contribution in [0.1, 0.15) is 64.7 Å². The highest BCUT2D eigenvalue weighted by Crippen LogP contribution is 2.03. The molecule has 2 N–H and O–H groups in total. The largest absolute Gasteiger partial charge is 0.481 e. The lowest BCUT2D eigenvalue weighted by atomic mass is 10.1. The normalized spacial score (nSPS) is 13.8. The third-order valence-corrected chi connectivity index (χ3v) is 3.32. The van der Waals surface area contributed by atoms with Crippen molar-refractivity contribution >= 4 is 5.97 Å². The first-order chi connectivity index (χ1) is 11.2. The van der Waals surface area contributed by atoms with Gasteiger partial charge in [0.15, 0.2) is 0 Å². The molecule has 0 amide bonds. The maximum Gasteiger partial charge on any atom is 0.303 e. The maximum atomic E-state index is 10.3. The van der Waals surface area contributed by atoms with Gasteiger partial charge in [-0.25, -0.2) is 0 Å². The SMILES string of the molecule is CCCCC/C=C/C/C=C\C/C=C/C=C\[C@H](O)CCCC(=O)O. The van der Waals surface area contributed by atoms with E-state index in [2.05, 4.69) is 31.2 Å². The maximum absolute atomic E-state index is 10.3. The van der Waals surface area contributed by atoms with Crippen LogP contribution in [0, 0.1) is 0 Å². The fourth-order valence-corrected chi connectivity index (χ4v) is 1.98. The number of carboxylic acids is 1. The average Bonchev–Trinajstić information content (AvgIpc) is 2.51. The molecule has 0 rings (SSSR count). The molecule has 0 fully saturated rings. The molecule has 0 bridgehead atoms. The van der Waals surface area contributed by atoms with Crippen molar-refractivity contribution in [2.24, 2.45) is 0 Å². The molecule has 0 saturated heterocycles. The van der Waals surface area contributed by atoms with Crippen molar-refractivity contribution in [1.29, 1.82) is 0 Å². The molecule has 130 valence electrons. The van der Waals surface area contributed by atoms with E-state index in [0.29, 0.717) is 12.8 Å². The number of carboxylic acid groups (broad SMARTS) is 1. The fraction of sp³-hybridized carbons (Fsp3) is 0.550. The Labute approximate surface area is 141 Å². The van der Waals surface area contributed by atoms with E-state index < -0.39 is 12.1 Å². The van der Waals surface area contributed by atoms with E-state index in [1.807, 2.05) is 18.2 Å². The van der Waals surface area contributed by atoms with Crippen LogP contribution < -0.4 is 0 Å². The van der Waals surface area contributed by atoms with Crippen LogP contribution in [0.4, 0.5) is 0 Å². The molecule has 0 aliphatic carbocycles. The smallest absolute Gasteiger partial charge is 0.303 e. The van der Waals surface area contributed by atoms with E-state index >= 15 is 0 Å². The van der Waals surface area contributed by atoms with Crippen LogP contribution in [0.2, 0.25) is 0 Å². The van der Waals surface area contributed by atoms with Gasteiger partial charge in [0.1, 0.15) is 0 Å². The van der Waals surface area contributed by atoms with Crippen molar-refractivity contribution in [2.45, 2.75) is 70.8 Å². The molecule has 0 saturated carbocycles. The predicted octanol–water partition coefficient (Wildman–Crippen LogP) is 5.19. The van der Waals surface area contributed by atoms with Gasteiger partial charge in [0.05, 0.1) is 6.10 Å². The average molecular weight is 320 g/mol. The second kappa shape index (κ2) is 16.8. The van der Waals surface area contributed by atoms with Gasteiger partial charge in [-0.05, 0) is 38.5 Å². The Morgan fingerprint density at radius 2 is 1.65 bits per heavy atom. The molecule has 0 aromatic carbocycles. The summed E-state index contributed by atoms with van der Waals surface area (Å²) in [6, 6.07) is 0. The lowest BCUT2D eigenvalue weighted by Gasteiger charge is -2.02. The van der Waals surface area contributed by atoms with E-state index in [0.717, 1.165) is 12.8 Å². The monoisotopic (exact) mass is 320 g/mol. The molecule has 0 aliphatic rings. The number of carbonyl (C=O) groups is 1. The lowest BCUT2D eigenvalue weighted by Crippen LogP contribution is -2.03. The van der Waals surface area contributed by atoms with Gasteiger partial charge in [-0.2, -0.15) is 0 Å². The summed E-state index contributed by atoms with van der Waals surface area (Å²) in [5, 5.41) is 18.1. The van der Waals surface area contributed by atoms with Crippen LogP contribution >= 0.6 is 0 Å². The molecular weight excluding hydrogens is 288 g/mol. The number of aliphatic hydroxyl groups is 1. The van der Waals surface area contributed by atoms with Crippen LogP contribution in [0.3, 0.4) is 0 Å². The molecule has 0 radical (unpaired) electrons. The van der Waals surface area contributed by atoms with Gasteiger partial charge in [0.2, 0.25) is 0 Å². The van der Waals surface area contributed by atoms with Gasteiger partial charge < -0.3 is 10.2 Å². The second-order valence-corrected chi connectivity index (χ2v) is 5.58. The Morgan fingerprint density at radius 1 is 0.957 bits per heavy atom. The van der Waals surface area contributed by atoms with Crippen LogP contribution in [0.5, 0.6) is 0 Å². The Balaban J connectivity index is 3.59. The van der Waals surface area contributed by atoms with Crippen molar-refractivity contribution in [3.05, 3.63) is 48.6 Å². The minimum absolute atomic E-state index is 0.110. The van der Waals surface area contributed by atoms with Gasteiger partial charge in [-0.3, -0.25) is 4.79 Å². The number of rotatable bonds is 14. The highest BCUT2D eigenvalue weighted by atomic mass is 16.4. The zero-order chi connectivity index (χ0) is 17.2. The van der Waals surface area contributed by atoms with Crippen molar-refractivity contribution < 1.29 is 15.0 Å². The van der Waals surface area contributed by atoms with Crippen LogP contribution in [0.25, 0.3) is 0 Å².